The minimum absolute atomic E-state index is 0.00468. The summed E-state index contributed by atoms with van der Waals surface area (Å²) in [5.41, 5.74) is 3.45. The molecular weight excluding hydrogens is 382 g/mol. The van der Waals surface area contributed by atoms with E-state index in [9.17, 15) is 14.4 Å². The maximum Gasteiger partial charge on any atom is 0.277 e. The first-order valence-corrected chi connectivity index (χ1v) is 9.83. The van der Waals surface area contributed by atoms with Crippen LogP contribution in [0.15, 0.2) is 59.8 Å². The van der Waals surface area contributed by atoms with Crippen LogP contribution >= 0.6 is 0 Å². The van der Waals surface area contributed by atoms with Gasteiger partial charge in [0.1, 0.15) is 11.4 Å². The van der Waals surface area contributed by atoms with Crippen molar-refractivity contribution in [2.45, 2.75) is 12.8 Å². The number of nitrogens with one attached hydrogen (secondary N) is 1. The zero-order valence-electron chi connectivity index (χ0n) is 17.0. The van der Waals surface area contributed by atoms with Crippen molar-refractivity contribution in [3.63, 3.8) is 0 Å². The molecule has 0 aliphatic carbocycles. The molecule has 2 aromatic carbocycles. The molecule has 7 heteroatoms. The molecule has 3 amide bonds. The molecule has 2 heterocycles. The van der Waals surface area contributed by atoms with Crippen LogP contribution in [0.25, 0.3) is 11.1 Å². The molecule has 0 bridgehead atoms. The van der Waals surface area contributed by atoms with Crippen LogP contribution in [0, 0.1) is 0 Å². The Kier molecular flexibility index (Phi) is 5.27. The number of anilines is 1. The minimum Gasteiger partial charge on any atom is -0.495 e. The van der Waals surface area contributed by atoms with E-state index in [0.717, 1.165) is 22.4 Å². The Hall–Kier alpha value is -3.61. The number of imide groups is 1. The Morgan fingerprint density at radius 1 is 1.07 bits per heavy atom. The fourth-order valence-corrected chi connectivity index (χ4v) is 3.92. The number of likely N-dealkylation sites (N-methyl/N-ethyl adjacent to an activating group) is 1. The summed E-state index contributed by atoms with van der Waals surface area (Å²) in [4.78, 5) is 40.2. The standard InChI is InChI=1S/C23H23N3O4/c1-25-22(28)17-9-6-12-26(21(17)23(25)29)14-20(27)24-18-11-10-16(13-19(18)30-2)15-7-4-3-5-8-15/h3-5,7-8,10-11,13H,6,9,12,14H2,1-2H3,(H,24,27). The van der Waals surface area contributed by atoms with E-state index in [0.29, 0.717) is 35.7 Å². The second-order valence-corrected chi connectivity index (χ2v) is 7.35. The molecule has 154 valence electrons. The third-order valence-electron chi connectivity index (χ3n) is 5.44. The highest BCUT2D eigenvalue weighted by Crippen LogP contribution is 2.32. The molecule has 0 aromatic heterocycles. The van der Waals surface area contributed by atoms with Gasteiger partial charge in [-0.1, -0.05) is 36.4 Å². The molecule has 0 saturated heterocycles. The van der Waals surface area contributed by atoms with Crippen LogP contribution in [-0.2, 0) is 14.4 Å². The number of hydrogen-bond donors (Lipinski definition) is 1. The molecular formula is C23H23N3O4. The van der Waals surface area contributed by atoms with Crippen molar-refractivity contribution in [2.75, 3.05) is 32.6 Å². The van der Waals surface area contributed by atoms with Crippen LogP contribution in [0.5, 0.6) is 5.75 Å². The summed E-state index contributed by atoms with van der Waals surface area (Å²) in [6.07, 6.45) is 1.30. The zero-order chi connectivity index (χ0) is 21.3. The molecule has 0 atom stereocenters. The van der Waals surface area contributed by atoms with Crippen molar-refractivity contribution < 1.29 is 19.1 Å². The van der Waals surface area contributed by atoms with E-state index in [2.05, 4.69) is 5.32 Å². The van der Waals surface area contributed by atoms with Gasteiger partial charge in [-0.25, -0.2) is 0 Å². The van der Waals surface area contributed by atoms with E-state index in [1.807, 2.05) is 42.5 Å². The van der Waals surface area contributed by atoms with Crippen molar-refractivity contribution in [1.29, 1.82) is 0 Å². The van der Waals surface area contributed by atoms with E-state index >= 15 is 0 Å². The van der Waals surface area contributed by atoms with Gasteiger partial charge in [-0.3, -0.25) is 19.3 Å². The quantitative estimate of drug-likeness (QED) is 0.774. The lowest BCUT2D eigenvalue weighted by atomic mass is 10.0. The van der Waals surface area contributed by atoms with Crippen molar-refractivity contribution in [3.05, 3.63) is 59.8 Å². The minimum atomic E-state index is -0.340. The lowest BCUT2D eigenvalue weighted by Gasteiger charge is -2.28. The molecule has 0 unspecified atom stereocenters. The number of methoxy groups -OCH3 is 1. The van der Waals surface area contributed by atoms with Crippen molar-refractivity contribution >= 4 is 23.4 Å². The summed E-state index contributed by atoms with van der Waals surface area (Å²) >= 11 is 0. The van der Waals surface area contributed by atoms with E-state index in [-0.39, 0.29) is 24.3 Å². The highest BCUT2D eigenvalue weighted by molar-refractivity contribution is 6.19. The second-order valence-electron chi connectivity index (χ2n) is 7.35. The van der Waals surface area contributed by atoms with Gasteiger partial charge in [0.15, 0.2) is 0 Å². The summed E-state index contributed by atoms with van der Waals surface area (Å²) in [7, 11) is 3.03. The van der Waals surface area contributed by atoms with E-state index in [4.69, 9.17) is 4.74 Å². The molecule has 0 spiro atoms. The first kappa shape index (κ1) is 19.7. The largest absolute Gasteiger partial charge is 0.495 e. The third-order valence-corrected chi connectivity index (χ3v) is 5.44. The molecule has 0 radical (unpaired) electrons. The summed E-state index contributed by atoms with van der Waals surface area (Å²) < 4.78 is 5.47. The van der Waals surface area contributed by atoms with Gasteiger partial charge in [0.05, 0.1) is 19.3 Å². The molecule has 4 rings (SSSR count). The van der Waals surface area contributed by atoms with E-state index < -0.39 is 0 Å². The van der Waals surface area contributed by atoms with Crippen LogP contribution in [0.3, 0.4) is 0 Å². The Bertz CT molecular complexity index is 1050. The van der Waals surface area contributed by atoms with Gasteiger partial charge >= 0.3 is 0 Å². The summed E-state index contributed by atoms with van der Waals surface area (Å²) in [6.45, 7) is 0.554. The number of nitrogens with zero attached hydrogens (tertiary/aromatic N) is 2. The Labute approximate surface area is 174 Å². The lowest BCUT2D eigenvalue weighted by molar-refractivity contribution is -0.136. The van der Waals surface area contributed by atoms with Crippen LogP contribution in [0.4, 0.5) is 5.69 Å². The molecule has 2 aliphatic rings. The van der Waals surface area contributed by atoms with Gasteiger partial charge < -0.3 is 15.0 Å². The summed E-state index contributed by atoms with van der Waals surface area (Å²) in [5.74, 6) is -0.329. The highest BCUT2D eigenvalue weighted by atomic mass is 16.5. The smallest absolute Gasteiger partial charge is 0.277 e. The van der Waals surface area contributed by atoms with Gasteiger partial charge in [0, 0.05) is 19.2 Å². The van der Waals surface area contributed by atoms with E-state index in [1.165, 1.54) is 7.05 Å². The number of hydrogen-bond acceptors (Lipinski definition) is 5. The van der Waals surface area contributed by atoms with E-state index in [1.54, 1.807) is 18.1 Å². The van der Waals surface area contributed by atoms with Crippen molar-refractivity contribution in [3.8, 4) is 16.9 Å². The molecule has 7 nitrogen and oxygen atoms in total. The first-order chi connectivity index (χ1) is 14.5. The monoisotopic (exact) mass is 405 g/mol. The Balaban J connectivity index is 1.50. The van der Waals surface area contributed by atoms with Gasteiger partial charge in [-0.15, -0.1) is 0 Å². The SMILES string of the molecule is COc1cc(-c2ccccc2)ccc1NC(=O)CN1CCCC2=C1C(=O)N(C)C2=O. The van der Waals surface area contributed by atoms with Gasteiger partial charge in [0.2, 0.25) is 5.91 Å². The first-order valence-electron chi connectivity index (χ1n) is 9.83. The highest BCUT2D eigenvalue weighted by Gasteiger charge is 2.40. The van der Waals surface area contributed by atoms with Crippen molar-refractivity contribution in [2.24, 2.45) is 0 Å². The van der Waals surface area contributed by atoms with Gasteiger partial charge in [0.25, 0.3) is 11.8 Å². The molecule has 30 heavy (non-hydrogen) atoms. The third kappa shape index (κ3) is 3.54. The average molecular weight is 405 g/mol. The fraction of sp³-hybridized carbons (Fsp3) is 0.261. The van der Waals surface area contributed by atoms with Crippen LogP contribution < -0.4 is 10.1 Å². The summed E-state index contributed by atoms with van der Waals surface area (Å²) in [6, 6.07) is 15.5. The average Bonchev–Trinajstić information content (AvgIpc) is 2.99. The summed E-state index contributed by atoms with van der Waals surface area (Å²) in [5, 5.41) is 2.87. The molecule has 2 aromatic rings. The Morgan fingerprint density at radius 2 is 1.83 bits per heavy atom. The number of carbonyl (C=O) groups excluding carboxylic acids is 3. The van der Waals surface area contributed by atoms with Crippen LogP contribution in [-0.4, -0.2) is 54.8 Å². The maximum absolute atomic E-state index is 12.7. The molecule has 2 aliphatic heterocycles. The molecule has 1 N–H and O–H groups in total. The fourth-order valence-electron chi connectivity index (χ4n) is 3.92. The number of ether oxygens (including phenoxy) is 1. The van der Waals surface area contributed by atoms with Gasteiger partial charge in [-0.05, 0) is 36.1 Å². The number of carbonyl (C=O) groups is 3. The predicted molar refractivity (Wildman–Crippen MR) is 113 cm³/mol. The number of benzene rings is 2. The van der Waals surface area contributed by atoms with Crippen LogP contribution in [0.2, 0.25) is 0 Å². The molecule has 0 saturated carbocycles. The second kappa shape index (κ2) is 8.02. The normalized spacial score (nSPS) is 16.1. The maximum atomic E-state index is 12.7. The van der Waals surface area contributed by atoms with Gasteiger partial charge in [-0.2, -0.15) is 0 Å². The predicted octanol–water partition coefficient (Wildman–Crippen LogP) is 2.65. The Morgan fingerprint density at radius 3 is 2.57 bits per heavy atom. The molecule has 0 fully saturated rings. The topological polar surface area (TPSA) is 79.0 Å². The zero-order valence-corrected chi connectivity index (χ0v) is 17.0. The number of rotatable bonds is 5. The number of amides is 3. The van der Waals surface area contributed by atoms with Crippen molar-refractivity contribution in [1.82, 2.24) is 9.80 Å². The lowest BCUT2D eigenvalue weighted by Crippen LogP contribution is -2.38. The van der Waals surface area contributed by atoms with Crippen LogP contribution in [0.1, 0.15) is 12.8 Å².